The normalized spacial score (nSPS) is 13.7. The van der Waals surface area contributed by atoms with Crippen molar-refractivity contribution in [2.24, 2.45) is 5.92 Å². The van der Waals surface area contributed by atoms with E-state index in [1.165, 1.54) is 0 Å². The Morgan fingerprint density at radius 2 is 2.10 bits per heavy atom. The van der Waals surface area contributed by atoms with Crippen LogP contribution >= 0.6 is 23.2 Å². The summed E-state index contributed by atoms with van der Waals surface area (Å²) in [6, 6.07) is 5.02. The molecule has 1 aromatic carbocycles. The van der Waals surface area contributed by atoms with Gasteiger partial charge in [0.25, 0.3) is 5.91 Å². The number of ether oxygens (including phenoxy) is 1. The van der Waals surface area contributed by atoms with Crippen molar-refractivity contribution in [3.05, 3.63) is 28.2 Å². The van der Waals surface area contributed by atoms with Gasteiger partial charge in [0.05, 0.1) is 5.02 Å². The van der Waals surface area contributed by atoms with Gasteiger partial charge in [0.1, 0.15) is 10.8 Å². The second-order valence-electron chi connectivity index (χ2n) is 4.67. The van der Waals surface area contributed by atoms with Crippen LogP contribution < -0.4 is 10.1 Å². The van der Waals surface area contributed by atoms with Crippen molar-refractivity contribution >= 4 is 29.1 Å². The first-order valence-electron chi connectivity index (χ1n) is 6.45. The van der Waals surface area contributed by atoms with Crippen LogP contribution in [0.25, 0.3) is 0 Å². The minimum atomic E-state index is -0.674. The largest absolute Gasteiger partial charge is 0.479 e. The third kappa shape index (κ3) is 5.19. The van der Waals surface area contributed by atoms with Crippen molar-refractivity contribution in [2.45, 2.75) is 26.4 Å². The molecule has 4 nitrogen and oxygen atoms in total. The molecule has 0 aromatic heterocycles. The van der Waals surface area contributed by atoms with E-state index in [0.29, 0.717) is 28.8 Å². The molecule has 20 heavy (non-hydrogen) atoms. The van der Waals surface area contributed by atoms with E-state index in [9.17, 15) is 4.79 Å². The zero-order valence-corrected chi connectivity index (χ0v) is 13.0. The molecule has 0 spiro atoms. The molecule has 1 aromatic rings. The predicted octanol–water partition coefficient (Wildman–Crippen LogP) is 2.90. The summed E-state index contributed by atoms with van der Waals surface area (Å²) < 4.78 is 5.50. The summed E-state index contributed by atoms with van der Waals surface area (Å²) in [6.45, 7) is 4.21. The molecule has 1 amide bonds. The first-order valence-corrected chi connectivity index (χ1v) is 7.20. The molecule has 0 radical (unpaired) electrons. The molecule has 0 aliphatic rings. The average Bonchev–Trinajstić information content (AvgIpc) is 2.41. The second-order valence-corrected chi connectivity index (χ2v) is 5.46. The van der Waals surface area contributed by atoms with Crippen LogP contribution in [0.1, 0.15) is 20.3 Å². The fourth-order valence-electron chi connectivity index (χ4n) is 1.56. The van der Waals surface area contributed by atoms with E-state index in [0.717, 1.165) is 0 Å². The quantitative estimate of drug-likeness (QED) is 0.812. The molecule has 1 rings (SSSR count). The van der Waals surface area contributed by atoms with Crippen LogP contribution in [-0.2, 0) is 4.79 Å². The predicted molar refractivity (Wildman–Crippen MR) is 80.4 cm³/mol. The number of aliphatic hydroxyl groups is 1. The smallest absolute Gasteiger partial charge is 0.260 e. The van der Waals surface area contributed by atoms with Gasteiger partial charge < -0.3 is 15.2 Å². The van der Waals surface area contributed by atoms with Gasteiger partial charge in [0.2, 0.25) is 0 Å². The van der Waals surface area contributed by atoms with Gasteiger partial charge in [-0.25, -0.2) is 0 Å². The lowest BCUT2D eigenvalue weighted by Gasteiger charge is -2.17. The summed E-state index contributed by atoms with van der Waals surface area (Å²) in [5.74, 6) is 0.363. The molecule has 2 atom stereocenters. The van der Waals surface area contributed by atoms with Crippen LogP contribution in [0.4, 0.5) is 0 Å². The Labute approximate surface area is 129 Å². The van der Waals surface area contributed by atoms with E-state index in [1.54, 1.807) is 25.1 Å². The van der Waals surface area contributed by atoms with E-state index >= 15 is 0 Å². The van der Waals surface area contributed by atoms with Crippen molar-refractivity contribution in [3.63, 3.8) is 0 Å². The number of carbonyl (C=O) groups excluding carboxylic acids is 1. The number of benzene rings is 1. The first-order chi connectivity index (χ1) is 9.45. The van der Waals surface area contributed by atoms with Gasteiger partial charge in [-0.2, -0.15) is 0 Å². The second kappa shape index (κ2) is 8.35. The molecule has 2 N–H and O–H groups in total. The van der Waals surface area contributed by atoms with Crippen LogP contribution in [0, 0.1) is 5.92 Å². The van der Waals surface area contributed by atoms with E-state index < -0.39 is 6.10 Å². The molecular weight excluding hydrogens is 301 g/mol. The molecule has 0 heterocycles. The molecule has 6 heteroatoms. The topological polar surface area (TPSA) is 58.6 Å². The summed E-state index contributed by atoms with van der Waals surface area (Å²) in [6.07, 6.45) is -0.0254. The van der Waals surface area contributed by atoms with Crippen molar-refractivity contribution in [3.8, 4) is 5.75 Å². The number of hydrogen-bond donors (Lipinski definition) is 2. The number of nitrogens with one attached hydrogen (secondary N) is 1. The van der Waals surface area contributed by atoms with Gasteiger partial charge in [0.15, 0.2) is 6.10 Å². The summed E-state index contributed by atoms with van der Waals surface area (Å²) in [4.78, 5) is 11.9. The van der Waals surface area contributed by atoms with Crippen molar-refractivity contribution in [1.82, 2.24) is 5.32 Å². The highest BCUT2D eigenvalue weighted by atomic mass is 35.5. The fraction of sp³-hybridized carbons (Fsp3) is 0.500. The van der Waals surface area contributed by atoms with E-state index in [2.05, 4.69) is 5.32 Å². The lowest BCUT2D eigenvalue weighted by Crippen LogP contribution is -2.38. The van der Waals surface area contributed by atoms with Crippen molar-refractivity contribution < 1.29 is 14.6 Å². The van der Waals surface area contributed by atoms with Gasteiger partial charge in [0, 0.05) is 13.2 Å². The van der Waals surface area contributed by atoms with E-state index in [4.69, 9.17) is 33.0 Å². The lowest BCUT2D eigenvalue weighted by atomic mass is 10.1. The zero-order valence-electron chi connectivity index (χ0n) is 11.5. The Bertz CT molecular complexity index is 454. The van der Waals surface area contributed by atoms with Crippen LogP contribution in [0.15, 0.2) is 18.2 Å². The maximum Gasteiger partial charge on any atom is 0.260 e. The fourth-order valence-corrected chi connectivity index (χ4v) is 1.90. The van der Waals surface area contributed by atoms with Crippen molar-refractivity contribution in [1.29, 1.82) is 0 Å². The Hall–Kier alpha value is -0.970. The monoisotopic (exact) mass is 319 g/mol. The summed E-state index contributed by atoms with van der Waals surface area (Å²) >= 11 is 11.9. The maximum atomic E-state index is 11.9. The van der Waals surface area contributed by atoms with Crippen molar-refractivity contribution in [2.75, 3.05) is 13.2 Å². The SMILES string of the molecule is CC(CCO)CNC(=O)C(C)Oc1cccc(Cl)c1Cl. The minimum absolute atomic E-state index is 0.112. The molecule has 0 aliphatic carbocycles. The van der Waals surface area contributed by atoms with Crippen LogP contribution in [-0.4, -0.2) is 30.3 Å². The van der Waals surface area contributed by atoms with Gasteiger partial charge in [-0.3, -0.25) is 4.79 Å². The Morgan fingerprint density at radius 3 is 2.75 bits per heavy atom. The molecule has 0 saturated carbocycles. The molecule has 0 fully saturated rings. The Morgan fingerprint density at radius 1 is 1.40 bits per heavy atom. The van der Waals surface area contributed by atoms with Crippen LogP contribution in [0.3, 0.4) is 0 Å². The van der Waals surface area contributed by atoms with Gasteiger partial charge in [-0.1, -0.05) is 36.2 Å². The highest BCUT2D eigenvalue weighted by molar-refractivity contribution is 6.42. The average molecular weight is 320 g/mol. The third-order valence-corrected chi connectivity index (χ3v) is 3.64. The lowest BCUT2D eigenvalue weighted by molar-refractivity contribution is -0.127. The third-order valence-electron chi connectivity index (χ3n) is 2.84. The highest BCUT2D eigenvalue weighted by Gasteiger charge is 2.17. The van der Waals surface area contributed by atoms with Gasteiger partial charge in [-0.15, -0.1) is 0 Å². The molecule has 2 unspecified atom stereocenters. The standard InChI is InChI=1S/C14H19Cl2NO3/c1-9(6-7-18)8-17-14(19)10(2)20-12-5-3-4-11(15)13(12)16/h3-5,9-10,18H,6-8H2,1-2H3,(H,17,19). The maximum absolute atomic E-state index is 11.9. The molecular formula is C14H19Cl2NO3. The highest BCUT2D eigenvalue weighted by Crippen LogP contribution is 2.32. The minimum Gasteiger partial charge on any atom is -0.479 e. The molecule has 0 aliphatic heterocycles. The summed E-state index contributed by atoms with van der Waals surface area (Å²) in [7, 11) is 0. The molecule has 0 saturated heterocycles. The van der Waals surface area contributed by atoms with E-state index in [-0.39, 0.29) is 18.4 Å². The van der Waals surface area contributed by atoms with E-state index in [1.807, 2.05) is 6.92 Å². The van der Waals surface area contributed by atoms with Gasteiger partial charge in [-0.05, 0) is 31.4 Å². The molecule has 112 valence electrons. The number of aliphatic hydroxyl groups excluding tert-OH is 1. The number of hydrogen-bond acceptors (Lipinski definition) is 3. The van der Waals surface area contributed by atoms with Crippen LogP contribution in [0.2, 0.25) is 10.0 Å². The Kier molecular flexibility index (Phi) is 7.13. The number of halogens is 2. The number of carbonyl (C=O) groups is 1. The number of amides is 1. The molecule has 0 bridgehead atoms. The first kappa shape index (κ1) is 17.1. The summed E-state index contributed by atoms with van der Waals surface area (Å²) in [5.41, 5.74) is 0. The van der Waals surface area contributed by atoms with Crippen LogP contribution in [0.5, 0.6) is 5.75 Å². The number of rotatable bonds is 7. The summed E-state index contributed by atoms with van der Waals surface area (Å²) in [5, 5.41) is 12.2. The van der Waals surface area contributed by atoms with Gasteiger partial charge >= 0.3 is 0 Å². The zero-order chi connectivity index (χ0) is 15.1. The Balaban J connectivity index is 2.51.